The second-order valence-corrected chi connectivity index (χ2v) is 26.4. The molecular formula is C79H145NO8. The van der Waals surface area contributed by atoms with Crippen LogP contribution in [0.4, 0.5) is 0 Å². The number of aliphatic hydroxyl groups excluding tert-OH is 5. The van der Waals surface area contributed by atoms with Crippen molar-refractivity contribution < 1.29 is 39.8 Å². The molecule has 0 aliphatic carbocycles. The third-order valence-corrected chi connectivity index (χ3v) is 18.0. The van der Waals surface area contributed by atoms with Crippen LogP contribution in [-0.2, 0) is 14.3 Å². The first-order valence-electron chi connectivity index (χ1n) is 38.2. The fourth-order valence-electron chi connectivity index (χ4n) is 12.1. The van der Waals surface area contributed by atoms with Crippen LogP contribution in [0, 0.1) is 0 Å². The van der Waals surface area contributed by atoms with Crippen molar-refractivity contribution in [1.29, 1.82) is 0 Å². The van der Waals surface area contributed by atoms with Gasteiger partial charge in [0.1, 0.15) is 24.4 Å². The third kappa shape index (κ3) is 55.3. The van der Waals surface area contributed by atoms with E-state index in [0.717, 1.165) is 70.6 Å². The van der Waals surface area contributed by atoms with Gasteiger partial charge in [0.15, 0.2) is 6.29 Å². The molecule has 0 aromatic heterocycles. The number of hydrogen-bond donors (Lipinski definition) is 6. The Kier molecular flexibility index (Phi) is 64.2. The van der Waals surface area contributed by atoms with E-state index in [9.17, 15) is 30.3 Å². The molecule has 6 N–H and O–H groups in total. The molecule has 0 aromatic carbocycles. The number of carbonyl (C=O) groups is 1. The number of rotatable bonds is 67. The molecule has 0 saturated carbocycles. The Bertz CT molecular complexity index is 1620. The van der Waals surface area contributed by atoms with Crippen molar-refractivity contribution in [2.45, 2.75) is 410 Å². The summed E-state index contributed by atoms with van der Waals surface area (Å²) < 4.78 is 11.3. The minimum atomic E-state index is -1.57. The predicted octanol–water partition coefficient (Wildman–Crippen LogP) is 21.5. The maximum absolute atomic E-state index is 13.2. The smallest absolute Gasteiger partial charge is 0.220 e. The highest BCUT2D eigenvalue weighted by Gasteiger charge is 2.44. The van der Waals surface area contributed by atoms with Crippen LogP contribution in [0.2, 0.25) is 0 Å². The summed E-state index contributed by atoms with van der Waals surface area (Å²) in [6.07, 6.45) is 88.9. The van der Waals surface area contributed by atoms with Crippen LogP contribution in [0.15, 0.2) is 72.9 Å². The fraction of sp³-hybridized carbons (Fsp3) is 0.835. The molecule has 1 aliphatic rings. The van der Waals surface area contributed by atoms with Gasteiger partial charge in [0.05, 0.1) is 25.4 Å². The largest absolute Gasteiger partial charge is 0.394 e. The van der Waals surface area contributed by atoms with Crippen LogP contribution in [0.5, 0.6) is 0 Å². The maximum atomic E-state index is 13.2. The highest BCUT2D eigenvalue weighted by atomic mass is 16.7. The van der Waals surface area contributed by atoms with Crippen molar-refractivity contribution >= 4 is 5.91 Å². The molecule has 0 radical (unpaired) electrons. The van der Waals surface area contributed by atoms with Crippen LogP contribution in [-0.4, -0.2) is 87.5 Å². The summed E-state index contributed by atoms with van der Waals surface area (Å²) >= 11 is 0. The molecule has 1 rings (SSSR count). The summed E-state index contributed by atoms with van der Waals surface area (Å²) in [6.45, 7) is 3.72. The second kappa shape index (κ2) is 67.5. The second-order valence-electron chi connectivity index (χ2n) is 26.4. The number of aliphatic hydroxyl groups is 5. The highest BCUT2D eigenvalue weighted by molar-refractivity contribution is 5.76. The SMILES string of the molecule is CC/C=C\C/C=C\C/C=C\C/C=C\C/C=C\CCCCCCCCCCCCCCCCCCCCCCCC(=O)NC(COC1OC(CO)C(O)C(O)C1O)C(O)/C=C/CCCCCCCCCCCCCCCCCCCCCCCCCCCC. The monoisotopic (exact) mass is 1240 g/mol. The number of ether oxygens (including phenoxy) is 2. The lowest BCUT2D eigenvalue weighted by molar-refractivity contribution is -0.302. The summed E-state index contributed by atoms with van der Waals surface area (Å²) in [4.78, 5) is 13.2. The average molecular weight is 1240 g/mol. The molecule has 7 unspecified atom stereocenters. The van der Waals surface area contributed by atoms with Gasteiger partial charge >= 0.3 is 0 Å². The molecule has 0 spiro atoms. The Morgan fingerprint density at radius 1 is 0.398 bits per heavy atom. The summed E-state index contributed by atoms with van der Waals surface area (Å²) in [5, 5.41) is 54.9. The van der Waals surface area contributed by atoms with Crippen LogP contribution in [0.3, 0.4) is 0 Å². The van der Waals surface area contributed by atoms with Crippen molar-refractivity contribution in [3.8, 4) is 0 Å². The van der Waals surface area contributed by atoms with Gasteiger partial charge in [-0.05, 0) is 64.2 Å². The Balaban J connectivity index is 2.08. The van der Waals surface area contributed by atoms with E-state index in [0.29, 0.717) is 6.42 Å². The average Bonchev–Trinajstić information content (AvgIpc) is 3.29. The zero-order valence-corrected chi connectivity index (χ0v) is 57.7. The molecule has 1 saturated heterocycles. The van der Waals surface area contributed by atoms with E-state index in [4.69, 9.17) is 9.47 Å². The summed E-state index contributed by atoms with van der Waals surface area (Å²) in [6, 6.07) is -0.808. The van der Waals surface area contributed by atoms with E-state index in [1.165, 1.54) is 276 Å². The first-order valence-corrected chi connectivity index (χ1v) is 38.2. The molecule has 7 atom stereocenters. The van der Waals surface area contributed by atoms with Crippen molar-refractivity contribution in [3.63, 3.8) is 0 Å². The quantitative estimate of drug-likeness (QED) is 0.0261. The Morgan fingerprint density at radius 3 is 1.05 bits per heavy atom. The van der Waals surface area contributed by atoms with Crippen LogP contribution < -0.4 is 5.32 Å². The van der Waals surface area contributed by atoms with E-state index in [-0.39, 0.29) is 12.5 Å². The summed E-state index contributed by atoms with van der Waals surface area (Å²) in [7, 11) is 0. The van der Waals surface area contributed by atoms with E-state index in [1.54, 1.807) is 6.08 Å². The van der Waals surface area contributed by atoms with E-state index in [1.807, 2.05) is 6.08 Å². The molecule has 0 aromatic rings. The molecule has 1 heterocycles. The predicted molar refractivity (Wildman–Crippen MR) is 378 cm³/mol. The molecule has 1 amide bonds. The Hall–Kier alpha value is -2.37. The van der Waals surface area contributed by atoms with Crippen molar-refractivity contribution in [2.75, 3.05) is 13.2 Å². The van der Waals surface area contributed by atoms with Gasteiger partial charge in [0, 0.05) is 6.42 Å². The first kappa shape index (κ1) is 83.6. The highest BCUT2D eigenvalue weighted by Crippen LogP contribution is 2.24. The number of nitrogens with one attached hydrogen (secondary N) is 1. The van der Waals surface area contributed by atoms with Gasteiger partial charge in [0.25, 0.3) is 0 Å². The lowest BCUT2D eigenvalue weighted by atomic mass is 9.99. The number of unbranched alkanes of at least 4 members (excludes halogenated alkanes) is 47. The minimum absolute atomic E-state index is 0.171. The van der Waals surface area contributed by atoms with E-state index in [2.05, 4.69) is 79.9 Å². The van der Waals surface area contributed by atoms with E-state index < -0.39 is 49.5 Å². The van der Waals surface area contributed by atoms with Gasteiger partial charge in [-0.15, -0.1) is 0 Å². The van der Waals surface area contributed by atoms with Gasteiger partial charge in [-0.3, -0.25) is 4.79 Å². The van der Waals surface area contributed by atoms with Crippen molar-refractivity contribution in [2.24, 2.45) is 0 Å². The zero-order valence-electron chi connectivity index (χ0n) is 57.7. The van der Waals surface area contributed by atoms with Crippen LogP contribution in [0.1, 0.15) is 367 Å². The molecule has 1 fully saturated rings. The number of amides is 1. The lowest BCUT2D eigenvalue weighted by Crippen LogP contribution is -2.60. The van der Waals surface area contributed by atoms with Gasteiger partial charge in [-0.25, -0.2) is 0 Å². The van der Waals surface area contributed by atoms with Gasteiger partial charge < -0.3 is 40.3 Å². The molecule has 1 aliphatic heterocycles. The Morgan fingerprint density at radius 2 is 0.705 bits per heavy atom. The lowest BCUT2D eigenvalue weighted by Gasteiger charge is -2.40. The van der Waals surface area contributed by atoms with Gasteiger partial charge in [-0.1, -0.05) is 369 Å². The number of allylic oxidation sites excluding steroid dienone is 11. The summed E-state index contributed by atoms with van der Waals surface area (Å²) in [5.74, 6) is -0.171. The van der Waals surface area contributed by atoms with Crippen molar-refractivity contribution in [3.05, 3.63) is 72.9 Å². The van der Waals surface area contributed by atoms with Crippen molar-refractivity contribution in [1.82, 2.24) is 5.32 Å². The topological polar surface area (TPSA) is 149 Å². The number of hydrogen-bond acceptors (Lipinski definition) is 8. The molecular weight excluding hydrogens is 1090 g/mol. The normalized spacial score (nSPS) is 18.3. The maximum Gasteiger partial charge on any atom is 0.220 e. The van der Waals surface area contributed by atoms with Crippen LogP contribution >= 0.6 is 0 Å². The van der Waals surface area contributed by atoms with Crippen LogP contribution in [0.25, 0.3) is 0 Å². The Labute approximate surface area is 544 Å². The molecule has 9 nitrogen and oxygen atoms in total. The minimum Gasteiger partial charge on any atom is -0.394 e. The standard InChI is InChI=1S/C79H145NO8/c1-3-5-7-9-11-13-15-17-19-21-23-25-27-29-31-33-34-35-36-37-38-39-40-41-43-45-47-49-51-53-55-57-59-61-63-65-67-69-75(83)80-72(71-87-79-78(86)77(85)76(84)74(70-81)88-79)73(82)68-66-64-62-60-58-56-54-52-50-48-46-44-42-32-30-28-26-24-22-20-18-16-14-12-10-8-6-4-2/h5,7,11,13,17,19,23,25,29,31,66,68,72-74,76-79,81-82,84-86H,3-4,6,8-10,12,14-16,18,20-22,24,26-28,30,32-65,67,69-71H2,1-2H3,(H,80,83)/b7-5-,13-11-,19-17-,25-23-,31-29-,68-66+. The van der Waals surface area contributed by atoms with E-state index >= 15 is 0 Å². The number of carbonyl (C=O) groups excluding carboxylic acids is 1. The van der Waals surface area contributed by atoms with Gasteiger partial charge in [0.2, 0.25) is 5.91 Å². The van der Waals surface area contributed by atoms with Gasteiger partial charge in [-0.2, -0.15) is 0 Å². The first-order chi connectivity index (χ1) is 43.3. The molecule has 9 heteroatoms. The zero-order chi connectivity index (χ0) is 63.5. The summed E-state index contributed by atoms with van der Waals surface area (Å²) in [5.41, 5.74) is 0. The third-order valence-electron chi connectivity index (χ3n) is 18.0. The fourth-order valence-corrected chi connectivity index (χ4v) is 12.1. The molecule has 88 heavy (non-hydrogen) atoms. The molecule has 0 bridgehead atoms. The molecule has 514 valence electrons.